The van der Waals surface area contributed by atoms with Crippen molar-refractivity contribution < 1.29 is 12.8 Å². The van der Waals surface area contributed by atoms with Gasteiger partial charge in [0.15, 0.2) is 0 Å². The first-order valence-corrected chi connectivity index (χ1v) is 14.2. The van der Waals surface area contributed by atoms with Gasteiger partial charge in [-0.2, -0.15) is 4.83 Å². The average Bonchev–Trinajstić information content (AvgIpc) is 3.72. The first-order chi connectivity index (χ1) is 18.6. The molecule has 2 heterocycles. The van der Waals surface area contributed by atoms with Gasteiger partial charge in [-0.25, -0.2) is 23.0 Å². The molecular formula is C25H24FIN6O5S. The average molecular weight is 666 g/mol. The highest BCUT2D eigenvalue weighted by Crippen LogP contribution is 2.34. The Morgan fingerprint density at radius 3 is 2.49 bits per heavy atom. The van der Waals surface area contributed by atoms with Crippen LogP contribution in [0.5, 0.6) is 0 Å². The molecule has 5 rings (SSSR count). The van der Waals surface area contributed by atoms with Gasteiger partial charge in [-0.1, -0.05) is 12.1 Å². The summed E-state index contributed by atoms with van der Waals surface area (Å²) in [6.07, 6.45) is 1.31. The number of pyridine rings is 1. The van der Waals surface area contributed by atoms with Crippen LogP contribution >= 0.6 is 22.6 Å². The lowest BCUT2D eigenvalue weighted by Gasteiger charge is -2.21. The van der Waals surface area contributed by atoms with Crippen LogP contribution < -0.4 is 32.4 Å². The zero-order valence-electron chi connectivity index (χ0n) is 20.8. The second-order valence-electron chi connectivity index (χ2n) is 9.23. The van der Waals surface area contributed by atoms with Crippen molar-refractivity contribution >= 4 is 55.9 Å². The molecule has 1 fully saturated rings. The van der Waals surface area contributed by atoms with Crippen LogP contribution in [-0.4, -0.2) is 22.1 Å². The lowest BCUT2D eigenvalue weighted by Crippen LogP contribution is -2.41. The number of benzene rings is 2. The van der Waals surface area contributed by atoms with Crippen molar-refractivity contribution in [3.05, 3.63) is 94.2 Å². The second kappa shape index (κ2) is 10.7. The van der Waals surface area contributed by atoms with Crippen LogP contribution in [0, 0.1) is 16.3 Å². The normalized spacial score (nSPS) is 13.4. The van der Waals surface area contributed by atoms with Gasteiger partial charge in [-0.15, -0.1) is 0 Å². The number of hydrazine groups is 1. The van der Waals surface area contributed by atoms with Crippen molar-refractivity contribution in [2.45, 2.75) is 32.4 Å². The van der Waals surface area contributed by atoms with Crippen molar-refractivity contribution in [1.82, 2.24) is 24.0 Å². The van der Waals surface area contributed by atoms with Gasteiger partial charge in [0.25, 0.3) is 11.1 Å². The number of nitrogens with one attached hydrogen (secondary N) is 3. The molecule has 1 saturated carbocycles. The molecule has 0 unspecified atom stereocenters. The van der Waals surface area contributed by atoms with Crippen LogP contribution in [0.4, 0.5) is 15.9 Å². The fourth-order valence-corrected chi connectivity index (χ4v) is 5.25. The van der Waals surface area contributed by atoms with Gasteiger partial charge in [-0.3, -0.25) is 23.3 Å². The number of aryl methyl sites for hydroxylation is 1. The summed E-state index contributed by atoms with van der Waals surface area (Å²) in [5, 5.41) is 3.01. The molecule has 3 N–H and O–H groups in total. The Bertz CT molecular complexity index is 1890. The standard InChI is InChI=1S/C25H24FIN6O5S/c1-13-21-20(22(31(2)23(13)34)29-19-9-6-15(27)11-18(19)26)24(35)33(16-7-8-16)25(36)32(21)17-5-3-4-14(10-17)12-28-30-39(37)38/h3-6,9-11,16,28-29,39H,7-8,12H2,1-2H3,(H,30,37,38). The molecule has 0 amide bonds. The second-order valence-corrected chi connectivity index (χ2v) is 11.2. The summed E-state index contributed by atoms with van der Waals surface area (Å²) in [7, 11) is -1.37. The molecule has 0 saturated heterocycles. The van der Waals surface area contributed by atoms with Crippen molar-refractivity contribution in [2.75, 3.05) is 5.32 Å². The minimum Gasteiger partial charge on any atom is -0.338 e. The molecule has 0 aliphatic heterocycles. The maximum absolute atomic E-state index is 14.8. The fourth-order valence-electron chi connectivity index (χ4n) is 4.59. The molecule has 204 valence electrons. The number of rotatable bonds is 8. The van der Waals surface area contributed by atoms with Crippen molar-refractivity contribution in [3.8, 4) is 5.69 Å². The fraction of sp³-hybridized carbons (Fsp3) is 0.240. The van der Waals surface area contributed by atoms with Gasteiger partial charge in [0, 0.05) is 28.8 Å². The van der Waals surface area contributed by atoms with Gasteiger partial charge in [-0.05, 0) is 78.3 Å². The number of anilines is 2. The van der Waals surface area contributed by atoms with Crippen LogP contribution in [0.15, 0.2) is 56.8 Å². The summed E-state index contributed by atoms with van der Waals surface area (Å²) < 4.78 is 40.9. The molecule has 0 bridgehead atoms. The van der Waals surface area contributed by atoms with E-state index in [1.54, 1.807) is 30.3 Å². The van der Waals surface area contributed by atoms with Gasteiger partial charge >= 0.3 is 5.69 Å². The van der Waals surface area contributed by atoms with E-state index in [1.807, 2.05) is 22.6 Å². The van der Waals surface area contributed by atoms with Gasteiger partial charge in [0.1, 0.15) is 17.0 Å². The maximum atomic E-state index is 14.8. The molecule has 2 aromatic carbocycles. The first-order valence-electron chi connectivity index (χ1n) is 11.9. The van der Waals surface area contributed by atoms with Crippen LogP contribution in [0.1, 0.15) is 30.0 Å². The summed E-state index contributed by atoms with van der Waals surface area (Å²) >= 11 is 1.98. The van der Waals surface area contributed by atoms with Crippen LogP contribution in [-0.2, 0) is 24.5 Å². The van der Waals surface area contributed by atoms with E-state index in [0.717, 1.165) is 0 Å². The summed E-state index contributed by atoms with van der Waals surface area (Å²) in [5.41, 5.74) is 2.32. The molecule has 4 aromatic rings. The van der Waals surface area contributed by atoms with Crippen molar-refractivity contribution in [2.24, 2.45) is 7.05 Å². The summed E-state index contributed by atoms with van der Waals surface area (Å²) in [6, 6.07) is 11.0. The van der Waals surface area contributed by atoms with Crippen molar-refractivity contribution in [3.63, 3.8) is 0 Å². The lowest BCUT2D eigenvalue weighted by atomic mass is 10.1. The molecule has 0 radical (unpaired) electrons. The topological polar surface area (TPSA) is 136 Å². The molecule has 39 heavy (non-hydrogen) atoms. The van der Waals surface area contributed by atoms with Crippen LogP contribution in [0.3, 0.4) is 0 Å². The van der Waals surface area contributed by atoms with Gasteiger partial charge in [0.2, 0.25) is 10.9 Å². The zero-order valence-corrected chi connectivity index (χ0v) is 23.9. The molecule has 11 nitrogen and oxygen atoms in total. The minimum atomic E-state index is -2.85. The molecule has 1 aliphatic rings. The first kappa shape index (κ1) is 27.2. The van der Waals surface area contributed by atoms with E-state index in [2.05, 4.69) is 15.6 Å². The predicted octanol–water partition coefficient (Wildman–Crippen LogP) is 2.10. The number of nitrogens with zero attached hydrogens (tertiary/aromatic N) is 3. The van der Waals surface area contributed by atoms with E-state index in [0.29, 0.717) is 27.7 Å². The molecule has 14 heteroatoms. The Kier molecular flexibility index (Phi) is 7.45. The smallest absolute Gasteiger partial charge is 0.336 e. The molecule has 1 aliphatic carbocycles. The zero-order chi connectivity index (χ0) is 28.0. The van der Waals surface area contributed by atoms with E-state index in [1.165, 1.54) is 39.8 Å². The molecule has 0 atom stereocenters. The van der Waals surface area contributed by atoms with E-state index < -0.39 is 33.5 Å². The van der Waals surface area contributed by atoms with E-state index in [9.17, 15) is 27.2 Å². The number of hydrogen-bond acceptors (Lipinski definition) is 7. The number of thiol groups is 1. The largest absolute Gasteiger partial charge is 0.338 e. The Morgan fingerprint density at radius 2 is 1.82 bits per heavy atom. The van der Waals surface area contributed by atoms with Crippen molar-refractivity contribution in [1.29, 1.82) is 0 Å². The van der Waals surface area contributed by atoms with E-state index in [4.69, 9.17) is 0 Å². The van der Waals surface area contributed by atoms with Gasteiger partial charge in [0.05, 0.1) is 16.9 Å². The summed E-state index contributed by atoms with van der Waals surface area (Å²) in [6.45, 7) is 1.66. The maximum Gasteiger partial charge on any atom is 0.336 e. The summed E-state index contributed by atoms with van der Waals surface area (Å²) in [4.78, 5) is 43.2. The van der Waals surface area contributed by atoms with Gasteiger partial charge < -0.3 is 5.32 Å². The Morgan fingerprint density at radius 1 is 1.08 bits per heavy atom. The Hall–Kier alpha value is -3.34. The predicted molar refractivity (Wildman–Crippen MR) is 155 cm³/mol. The lowest BCUT2D eigenvalue weighted by molar-refractivity contribution is 0.574. The third-order valence-electron chi connectivity index (χ3n) is 6.57. The highest BCUT2D eigenvalue weighted by molar-refractivity contribution is 14.1. The molecule has 0 spiro atoms. The molecular weight excluding hydrogens is 642 g/mol. The minimum absolute atomic E-state index is 0.0649. The number of halogens is 2. The quantitative estimate of drug-likeness (QED) is 0.129. The highest BCUT2D eigenvalue weighted by Gasteiger charge is 2.31. The monoisotopic (exact) mass is 666 g/mol. The Labute approximate surface area is 236 Å². The number of hydrogen-bond donors (Lipinski definition) is 4. The van der Waals surface area contributed by atoms with Crippen LogP contribution in [0.25, 0.3) is 16.6 Å². The highest BCUT2D eigenvalue weighted by atomic mass is 127. The van der Waals surface area contributed by atoms with E-state index in [-0.39, 0.29) is 40.6 Å². The third-order valence-corrected chi connectivity index (χ3v) is 7.58. The Balaban J connectivity index is 1.82. The van der Waals surface area contributed by atoms with E-state index >= 15 is 0 Å². The number of fused-ring (bicyclic) bond motifs is 1. The third kappa shape index (κ3) is 5.16. The number of aromatic nitrogens is 3. The molecule has 2 aromatic heterocycles. The SMILES string of the molecule is Cc1c(=O)n(C)c(Nc2ccc(I)cc2F)c2c(=O)n(C3CC3)c(=O)n(-c3cccc(CNN[SH](=O)=O)c3)c12. The summed E-state index contributed by atoms with van der Waals surface area (Å²) in [5.74, 6) is -0.498. The van der Waals surface area contributed by atoms with Crippen LogP contribution in [0.2, 0.25) is 0 Å².